The normalized spacial score (nSPS) is 17.9. The van der Waals surface area contributed by atoms with Gasteiger partial charge in [0, 0.05) is 48.9 Å². The van der Waals surface area contributed by atoms with Gasteiger partial charge in [0.15, 0.2) is 0 Å². The van der Waals surface area contributed by atoms with Crippen molar-refractivity contribution < 1.29 is 4.52 Å². The van der Waals surface area contributed by atoms with E-state index < -0.39 is 0 Å². The van der Waals surface area contributed by atoms with E-state index in [1.165, 1.54) is 36.2 Å². The minimum atomic E-state index is 0. The third kappa shape index (κ3) is 5.18. The number of halogens is 2. The van der Waals surface area contributed by atoms with Crippen LogP contribution in [-0.4, -0.2) is 42.8 Å². The van der Waals surface area contributed by atoms with Crippen molar-refractivity contribution in [2.75, 3.05) is 37.6 Å². The van der Waals surface area contributed by atoms with Gasteiger partial charge in [-0.3, -0.25) is 4.90 Å². The molecule has 4 rings (SSSR count). The molecule has 148 valence electrons. The number of hydrogen-bond donors (Lipinski definition) is 0. The van der Waals surface area contributed by atoms with E-state index in [0.717, 1.165) is 69.2 Å². The molecule has 0 atom stereocenters. The van der Waals surface area contributed by atoms with Crippen molar-refractivity contribution in [3.05, 3.63) is 46.3 Å². The summed E-state index contributed by atoms with van der Waals surface area (Å²) >= 11 is 5.99. The Bertz CT molecular complexity index is 709. The van der Waals surface area contributed by atoms with Crippen LogP contribution in [0.25, 0.3) is 0 Å². The van der Waals surface area contributed by atoms with Crippen LogP contribution in [0.1, 0.15) is 42.7 Å². The molecule has 6 heteroatoms. The fourth-order valence-corrected chi connectivity index (χ4v) is 4.30. The SMILES string of the molecule is Cl.Clc1ccc(N2CCN(CCCc3onc4c3CCCCC4)CC2)cc1. The fourth-order valence-electron chi connectivity index (χ4n) is 4.17. The van der Waals surface area contributed by atoms with Gasteiger partial charge in [0.25, 0.3) is 0 Å². The predicted octanol–water partition coefficient (Wildman–Crippen LogP) is 4.77. The molecule has 1 saturated heterocycles. The maximum Gasteiger partial charge on any atom is 0.140 e. The van der Waals surface area contributed by atoms with Crippen LogP contribution in [0.2, 0.25) is 5.02 Å². The van der Waals surface area contributed by atoms with Crippen LogP contribution in [-0.2, 0) is 19.3 Å². The first-order valence-corrected chi connectivity index (χ1v) is 10.4. The van der Waals surface area contributed by atoms with Crippen molar-refractivity contribution in [3.63, 3.8) is 0 Å². The molecule has 1 aliphatic carbocycles. The number of aromatic nitrogens is 1. The molecule has 0 spiro atoms. The summed E-state index contributed by atoms with van der Waals surface area (Å²) in [4.78, 5) is 5.02. The number of nitrogens with zero attached hydrogens (tertiary/aromatic N) is 3. The third-order valence-corrected chi connectivity index (χ3v) is 5.99. The number of rotatable bonds is 5. The molecule has 27 heavy (non-hydrogen) atoms. The summed E-state index contributed by atoms with van der Waals surface area (Å²) in [6.45, 7) is 5.55. The van der Waals surface area contributed by atoms with E-state index in [1.54, 1.807) is 0 Å². The molecule has 4 nitrogen and oxygen atoms in total. The van der Waals surface area contributed by atoms with Gasteiger partial charge < -0.3 is 9.42 Å². The van der Waals surface area contributed by atoms with Crippen molar-refractivity contribution in [3.8, 4) is 0 Å². The third-order valence-electron chi connectivity index (χ3n) is 5.73. The van der Waals surface area contributed by atoms with Crippen LogP contribution < -0.4 is 4.90 Å². The molecular formula is C21H29Cl2N3O. The summed E-state index contributed by atoms with van der Waals surface area (Å²) in [5, 5.41) is 5.13. The molecule has 2 heterocycles. The van der Waals surface area contributed by atoms with Gasteiger partial charge in [-0.25, -0.2) is 0 Å². The number of benzene rings is 1. The summed E-state index contributed by atoms with van der Waals surface area (Å²) in [6.07, 6.45) is 8.32. The van der Waals surface area contributed by atoms with Crippen molar-refractivity contribution in [2.24, 2.45) is 0 Å². The molecule has 2 aromatic rings. The first kappa shape index (κ1) is 20.5. The van der Waals surface area contributed by atoms with Crippen molar-refractivity contribution in [1.29, 1.82) is 0 Å². The highest BCUT2D eigenvalue weighted by Crippen LogP contribution is 2.24. The Morgan fingerprint density at radius 2 is 1.70 bits per heavy atom. The zero-order valence-corrected chi connectivity index (χ0v) is 17.4. The Hall–Kier alpha value is -1.23. The van der Waals surface area contributed by atoms with Gasteiger partial charge >= 0.3 is 0 Å². The maximum absolute atomic E-state index is 5.99. The molecular weight excluding hydrogens is 381 g/mol. The van der Waals surface area contributed by atoms with E-state index in [0.29, 0.717) is 0 Å². The Kier molecular flexibility index (Phi) is 7.45. The quantitative estimate of drug-likeness (QED) is 0.665. The second-order valence-corrected chi connectivity index (χ2v) is 7.94. The van der Waals surface area contributed by atoms with Crippen LogP contribution in [0.3, 0.4) is 0 Å². The molecule has 1 aromatic carbocycles. The van der Waals surface area contributed by atoms with Crippen LogP contribution in [0.15, 0.2) is 28.8 Å². The van der Waals surface area contributed by atoms with E-state index in [9.17, 15) is 0 Å². The fraction of sp³-hybridized carbons (Fsp3) is 0.571. The van der Waals surface area contributed by atoms with E-state index >= 15 is 0 Å². The summed E-state index contributed by atoms with van der Waals surface area (Å²) in [5.41, 5.74) is 3.93. The highest BCUT2D eigenvalue weighted by molar-refractivity contribution is 6.30. The first-order valence-electron chi connectivity index (χ1n) is 9.99. The molecule has 0 saturated carbocycles. The van der Waals surface area contributed by atoms with Crippen LogP contribution in [0.4, 0.5) is 5.69 Å². The topological polar surface area (TPSA) is 32.5 Å². The summed E-state index contributed by atoms with van der Waals surface area (Å²) < 4.78 is 5.66. The van der Waals surface area contributed by atoms with Crippen LogP contribution >= 0.6 is 24.0 Å². The summed E-state index contributed by atoms with van der Waals surface area (Å²) in [6, 6.07) is 8.19. The number of hydrogen-bond acceptors (Lipinski definition) is 4. The average molecular weight is 410 g/mol. The van der Waals surface area contributed by atoms with Gasteiger partial charge in [-0.15, -0.1) is 12.4 Å². The van der Waals surface area contributed by atoms with E-state index in [4.69, 9.17) is 16.1 Å². The molecule has 0 bridgehead atoms. The zero-order chi connectivity index (χ0) is 17.8. The largest absolute Gasteiger partial charge is 0.369 e. The van der Waals surface area contributed by atoms with Crippen molar-refractivity contribution in [2.45, 2.75) is 44.9 Å². The molecule has 2 aliphatic rings. The lowest BCUT2D eigenvalue weighted by Gasteiger charge is -2.36. The number of anilines is 1. The summed E-state index contributed by atoms with van der Waals surface area (Å²) in [5.74, 6) is 1.15. The van der Waals surface area contributed by atoms with E-state index in [-0.39, 0.29) is 12.4 Å². The van der Waals surface area contributed by atoms with Crippen molar-refractivity contribution in [1.82, 2.24) is 10.1 Å². The Morgan fingerprint density at radius 3 is 2.48 bits per heavy atom. The highest BCUT2D eigenvalue weighted by atomic mass is 35.5. The lowest BCUT2D eigenvalue weighted by molar-refractivity contribution is 0.251. The molecule has 1 aromatic heterocycles. The van der Waals surface area contributed by atoms with Gasteiger partial charge in [-0.1, -0.05) is 23.2 Å². The second-order valence-electron chi connectivity index (χ2n) is 7.50. The molecule has 0 amide bonds. The number of aryl methyl sites for hydroxylation is 2. The van der Waals surface area contributed by atoms with E-state index in [2.05, 4.69) is 27.1 Å². The van der Waals surface area contributed by atoms with Crippen LogP contribution in [0.5, 0.6) is 0 Å². The Balaban J connectivity index is 0.00000210. The number of piperazine rings is 1. The van der Waals surface area contributed by atoms with Gasteiger partial charge in [0.05, 0.1) is 5.69 Å². The average Bonchev–Trinajstić information content (AvgIpc) is 2.89. The second kappa shape index (κ2) is 9.81. The predicted molar refractivity (Wildman–Crippen MR) is 113 cm³/mol. The smallest absolute Gasteiger partial charge is 0.140 e. The lowest BCUT2D eigenvalue weighted by atomic mass is 10.1. The van der Waals surface area contributed by atoms with Crippen LogP contribution in [0, 0.1) is 0 Å². The first-order chi connectivity index (χ1) is 12.8. The lowest BCUT2D eigenvalue weighted by Crippen LogP contribution is -2.46. The highest BCUT2D eigenvalue weighted by Gasteiger charge is 2.20. The molecule has 1 aliphatic heterocycles. The summed E-state index contributed by atoms with van der Waals surface area (Å²) in [7, 11) is 0. The van der Waals surface area contributed by atoms with Crippen molar-refractivity contribution >= 4 is 29.7 Å². The minimum absolute atomic E-state index is 0. The Labute approximate surface area is 173 Å². The maximum atomic E-state index is 5.99. The van der Waals surface area contributed by atoms with Gasteiger partial charge in [0.2, 0.25) is 0 Å². The molecule has 0 unspecified atom stereocenters. The standard InChI is InChI=1S/C21H28ClN3O.ClH/c22-17-8-10-18(11-9-17)25-15-13-24(14-16-25)12-4-7-21-19-5-2-1-3-6-20(19)23-26-21;/h8-11H,1-7,12-16H2;1H. The van der Waals surface area contributed by atoms with Gasteiger partial charge in [0.1, 0.15) is 5.76 Å². The van der Waals surface area contributed by atoms with Gasteiger partial charge in [-0.2, -0.15) is 0 Å². The number of fused-ring (bicyclic) bond motifs is 1. The zero-order valence-electron chi connectivity index (χ0n) is 15.8. The van der Waals surface area contributed by atoms with E-state index in [1.807, 2.05) is 12.1 Å². The van der Waals surface area contributed by atoms with Gasteiger partial charge in [-0.05, 0) is 62.9 Å². The minimum Gasteiger partial charge on any atom is -0.369 e. The monoisotopic (exact) mass is 409 g/mol. The molecule has 0 N–H and O–H groups in total. The molecule has 0 radical (unpaired) electrons. The Morgan fingerprint density at radius 1 is 0.963 bits per heavy atom. The molecule has 1 fully saturated rings.